The van der Waals surface area contributed by atoms with E-state index in [1.54, 1.807) is 30.3 Å². The van der Waals surface area contributed by atoms with Gasteiger partial charge in [0, 0.05) is 13.1 Å². The van der Waals surface area contributed by atoms with E-state index < -0.39 is 15.9 Å². The number of piperidine rings is 1. The van der Waals surface area contributed by atoms with Gasteiger partial charge in [0.1, 0.15) is 11.5 Å². The van der Waals surface area contributed by atoms with Gasteiger partial charge in [-0.2, -0.15) is 4.31 Å². The Kier molecular flexibility index (Phi) is 6.76. The van der Waals surface area contributed by atoms with Crippen molar-refractivity contribution in [3.8, 4) is 11.5 Å². The molecule has 1 aliphatic heterocycles. The van der Waals surface area contributed by atoms with E-state index in [4.69, 9.17) is 9.47 Å². The molecule has 2 aromatic carbocycles. The zero-order valence-corrected chi connectivity index (χ0v) is 17.5. The van der Waals surface area contributed by atoms with Crippen LogP contribution in [0.4, 0.5) is 5.69 Å². The number of para-hydroxylation sites is 1. The number of ether oxygens (including phenoxy) is 2. The number of anilines is 1. The van der Waals surface area contributed by atoms with Crippen molar-refractivity contribution in [1.82, 2.24) is 4.31 Å². The van der Waals surface area contributed by atoms with Gasteiger partial charge in [-0.1, -0.05) is 18.6 Å². The molecule has 0 unspecified atom stereocenters. The fraction of sp³-hybridized carbons (Fsp3) is 0.381. The van der Waals surface area contributed by atoms with Crippen molar-refractivity contribution in [2.75, 3.05) is 32.1 Å². The molecular weight excluding hydrogens is 392 g/mol. The van der Waals surface area contributed by atoms with E-state index in [0.717, 1.165) is 19.3 Å². The lowest BCUT2D eigenvalue weighted by Gasteiger charge is -2.26. The number of hydrogen-bond donors (Lipinski definition) is 1. The van der Waals surface area contributed by atoms with Gasteiger partial charge < -0.3 is 14.8 Å². The minimum absolute atomic E-state index is 0.137. The number of carbonyl (C=O) groups is 1. The number of hydrogen-bond acceptors (Lipinski definition) is 5. The number of carbonyl (C=O) groups excluding carboxylic acids is 1. The predicted molar refractivity (Wildman–Crippen MR) is 111 cm³/mol. The zero-order valence-electron chi connectivity index (χ0n) is 16.7. The molecule has 29 heavy (non-hydrogen) atoms. The molecule has 1 heterocycles. The highest BCUT2D eigenvalue weighted by Gasteiger charge is 2.27. The van der Waals surface area contributed by atoms with E-state index in [0.29, 0.717) is 42.4 Å². The molecule has 8 heteroatoms. The number of amides is 1. The van der Waals surface area contributed by atoms with E-state index in [2.05, 4.69) is 5.32 Å². The van der Waals surface area contributed by atoms with Crippen molar-refractivity contribution >= 4 is 21.6 Å². The molecule has 156 valence electrons. The Bertz CT molecular complexity index is 969. The summed E-state index contributed by atoms with van der Waals surface area (Å²) in [7, 11) is -2.14. The van der Waals surface area contributed by atoms with Crippen molar-refractivity contribution in [2.24, 2.45) is 0 Å². The van der Waals surface area contributed by atoms with E-state index >= 15 is 0 Å². The van der Waals surface area contributed by atoms with E-state index in [1.807, 2.05) is 6.92 Å². The summed E-state index contributed by atoms with van der Waals surface area (Å²) in [6.07, 6.45) is 2.75. The van der Waals surface area contributed by atoms with Crippen LogP contribution in [-0.4, -0.2) is 45.4 Å². The molecule has 0 aromatic heterocycles. The van der Waals surface area contributed by atoms with Crippen LogP contribution in [0, 0.1) is 0 Å². The number of nitrogens with zero attached hydrogens (tertiary/aromatic N) is 1. The molecule has 0 saturated carbocycles. The second-order valence-corrected chi connectivity index (χ2v) is 8.65. The lowest BCUT2D eigenvalue weighted by atomic mass is 10.2. The maximum atomic E-state index is 13.0. The standard InChI is InChI=1S/C21H26N2O5S/c1-3-28-20-12-11-16(29(25,26)23-13-7-4-8-14-23)15-18(20)22-21(24)17-9-5-6-10-19(17)27-2/h5-6,9-12,15H,3-4,7-8,13-14H2,1-2H3,(H,22,24). The first kappa shape index (κ1) is 21.1. The Morgan fingerprint density at radius 1 is 1.07 bits per heavy atom. The third-order valence-electron chi connectivity index (χ3n) is 4.80. The van der Waals surface area contributed by atoms with Crippen LogP contribution in [0.5, 0.6) is 11.5 Å². The summed E-state index contributed by atoms with van der Waals surface area (Å²) in [5.74, 6) is 0.435. The summed E-state index contributed by atoms with van der Waals surface area (Å²) in [4.78, 5) is 12.9. The van der Waals surface area contributed by atoms with E-state index in [-0.39, 0.29) is 4.90 Å². The second kappa shape index (κ2) is 9.28. The molecule has 1 N–H and O–H groups in total. The highest BCUT2D eigenvalue weighted by Crippen LogP contribution is 2.31. The van der Waals surface area contributed by atoms with Crippen molar-refractivity contribution in [3.05, 3.63) is 48.0 Å². The van der Waals surface area contributed by atoms with E-state index in [9.17, 15) is 13.2 Å². The molecule has 1 saturated heterocycles. The Balaban J connectivity index is 1.94. The normalized spacial score (nSPS) is 15.0. The zero-order chi connectivity index (χ0) is 20.9. The topological polar surface area (TPSA) is 84.9 Å². The third kappa shape index (κ3) is 4.71. The molecule has 1 fully saturated rings. The number of rotatable bonds is 7. The SMILES string of the molecule is CCOc1ccc(S(=O)(=O)N2CCCCC2)cc1NC(=O)c1ccccc1OC. The van der Waals surface area contributed by atoms with Gasteiger partial charge in [0.15, 0.2) is 0 Å². The van der Waals surface area contributed by atoms with Gasteiger partial charge in [-0.15, -0.1) is 0 Å². The van der Waals surface area contributed by atoms with Gasteiger partial charge in [-0.05, 0) is 50.1 Å². The summed E-state index contributed by atoms with van der Waals surface area (Å²) in [5.41, 5.74) is 0.655. The number of nitrogens with one attached hydrogen (secondary N) is 1. The fourth-order valence-corrected chi connectivity index (χ4v) is 4.87. The third-order valence-corrected chi connectivity index (χ3v) is 6.70. The van der Waals surface area contributed by atoms with Gasteiger partial charge >= 0.3 is 0 Å². The van der Waals surface area contributed by atoms with Crippen LogP contribution < -0.4 is 14.8 Å². The smallest absolute Gasteiger partial charge is 0.259 e. The summed E-state index contributed by atoms with van der Waals surface area (Å²) in [5, 5.41) is 2.77. The molecule has 1 amide bonds. The molecule has 0 aliphatic carbocycles. The maximum Gasteiger partial charge on any atom is 0.259 e. The molecule has 0 spiro atoms. The minimum Gasteiger partial charge on any atom is -0.496 e. The van der Waals surface area contributed by atoms with Gasteiger partial charge in [0.25, 0.3) is 5.91 Å². The van der Waals surface area contributed by atoms with Crippen LogP contribution in [0.2, 0.25) is 0 Å². The molecule has 0 radical (unpaired) electrons. The Morgan fingerprint density at radius 2 is 1.79 bits per heavy atom. The van der Waals surface area contributed by atoms with Crippen LogP contribution in [0.3, 0.4) is 0 Å². The molecule has 1 aliphatic rings. The number of benzene rings is 2. The molecular formula is C21H26N2O5S. The highest BCUT2D eigenvalue weighted by atomic mass is 32.2. The molecule has 7 nitrogen and oxygen atoms in total. The molecule has 2 aromatic rings. The summed E-state index contributed by atoms with van der Waals surface area (Å²) in [6, 6.07) is 11.4. The maximum absolute atomic E-state index is 13.0. The lowest BCUT2D eigenvalue weighted by molar-refractivity contribution is 0.102. The summed E-state index contributed by atoms with van der Waals surface area (Å²) in [6.45, 7) is 3.23. The number of sulfonamides is 1. The van der Waals surface area contributed by atoms with Crippen molar-refractivity contribution in [3.63, 3.8) is 0 Å². The van der Waals surface area contributed by atoms with Crippen LogP contribution in [0.1, 0.15) is 36.5 Å². The molecule has 0 bridgehead atoms. The first-order chi connectivity index (χ1) is 14.0. The van der Waals surface area contributed by atoms with Crippen molar-refractivity contribution < 1.29 is 22.7 Å². The fourth-order valence-electron chi connectivity index (χ4n) is 3.32. The lowest BCUT2D eigenvalue weighted by Crippen LogP contribution is -2.35. The first-order valence-corrected chi connectivity index (χ1v) is 11.1. The average molecular weight is 419 g/mol. The van der Waals surface area contributed by atoms with Gasteiger partial charge in [0.05, 0.1) is 29.9 Å². The second-order valence-electron chi connectivity index (χ2n) is 6.71. The van der Waals surface area contributed by atoms with Crippen LogP contribution in [-0.2, 0) is 10.0 Å². The van der Waals surface area contributed by atoms with Gasteiger partial charge in [0.2, 0.25) is 10.0 Å². The largest absolute Gasteiger partial charge is 0.496 e. The molecule has 3 rings (SSSR count). The Morgan fingerprint density at radius 3 is 2.48 bits per heavy atom. The quantitative estimate of drug-likeness (QED) is 0.744. The van der Waals surface area contributed by atoms with Gasteiger partial charge in [-0.3, -0.25) is 4.79 Å². The summed E-state index contributed by atoms with van der Waals surface area (Å²) < 4.78 is 38.4. The highest BCUT2D eigenvalue weighted by molar-refractivity contribution is 7.89. The van der Waals surface area contributed by atoms with Crippen LogP contribution >= 0.6 is 0 Å². The van der Waals surface area contributed by atoms with Crippen LogP contribution in [0.15, 0.2) is 47.4 Å². The van der Waals surface area contributed by atoms with Crippen molar-refractivity contribution in [1.29, 1.82) is 0 Å². The molecule has 0 atom stereocenters. The first-order valence-electron chi connectivity index (χ1n) is 9.68. The average Bonchev–Trinajstić information content (AvgIpc) is 2.75. The predicted octanol–water partition coefficient (Wildman–Crippen LogP) is 3.52. The monoisotopic (exact) mass is 418 g/mol. The minimum atomic E-state index is -3.63. The van der Waals surface area contributed by atoms with Crippen molar-refractivity contribution in [2.45, 2.75) is 31.1 Å². The Hall–Kier alpha value is -2.58. The van der Waals surface area contributed by atoms with E-state index in [1.165, 1.54) is 23.5 Å². The van der Waals surface area contributed by atoms with Gasteiger partial charge in [-0.25, -0.2) is 8.42 Å². The van der Waals surface area contributed by atoms with Crippen LogP contribution in [0.25, 0.3) is 0 Å². The Labute approximate surface area is 171 Å². The summed E-state index contributed by atoms with van der Waals surface area (Å²) >= 11 is 0. The number of methoxy groups -OCH3 is 1.